The lowest BCUT2D eigenvalue weighted by molar-refractivity contribution is -0.140. The molecule has 0 fully saturated rings. The van der Waals surface area contributed by atoms with Crippen molar-refractivity contribution in [2.75, 3.05) is 7.11 Å². The molecule has 1 aromatic carbocycles. The van der Waals surface area contributed by atoms with Crippen molar-refractivity contribution in [1.29, 1.82) is 0 Å². The van der Waals surface area contributed by atoms with Gasteiger partial charge in [-0.05, 0) is 37.0 Å². The number of benzene rings is 1. The first kappa shape index (κ1) is 19.8. The first-order valence-corrected chi connectivity index (χ1v) is 6.90. The van der Waals surface area contributed by atoms with Crippen molar-refractivity contribution in [2.45, 2.75) is 54.4 Å². The fourth-order valence-corrected chi connectivity index (χ4v) is 1.54. The summed E-state index contributed by atoms with van der Waals surface area (Å²) in [5, 5.41) is 9.56. The van der Waals surface area contributed by atoms with Gasteiger partial charge in [-0.2, -0.15) is 0 Å². The van der Waals surface area contributed by atoms with Gasteiger partial charge in [-0.25, -0.2) is 0 Å². The van der Waals surface area contributed by atoms with Crippen molar-refractivity contribution >= 4 is 5.97 Å². The summed E-state index contributed by atoms with van der Waals surface area (Å²) in [4.78, 5) is 11.0. The van der Waals surface area contributed by atoms with Crippen LogP contribution in [0.15, 0.2) is 12.1 Å². The van der Waals surface area contributed by atoms with E-state index in [1.807, 2.05) is 53.7 Å². The summed E-state index contributed by atoms with van der Waals surface area (Å²) in [6.45, 7) is 11.7. The quantitative estimate of drug-likeness (QED) is 0.837. The number of phenols is 1. The van der Waals surface area contributed by atoms with Crippen molar-refractivity contribution in [3.05, 3.63) is 28.8 Å². The largest absolute Gasteiger partial charge is 0.507 e. The van der Waals surface area contributed by atoms with Gasteiger partial charge in [0.15, 0.2) is 0 Å². The smallest absolute Gasteiger partial charge is 0.305 e. The van der Waals surface area contributed by atoms with Gasteiger partial charge in [-0.3, -0.25) is 4.79 Å². The number of hydrogen-bond donors (Lipinski definition) is 1. The maximum atomic E-state index is 11.0. The molecule has 3 nitrogen and oxygen atoms in total. The van der Waals surface area contributed by atoms with E-state index in [-0.39, 0.29) is 5.97 Å². The van der Waals surface area contributed by atoms with Crippen molar-refractivity contribution in [3.63, 3.8) is 0 Å². The second-order valence-corrected chi connectivity index (χ2v) is 3.65. The van der Waals surface area contributed by atoms with E-state index in [1.165, 1.54) is 7.11 Å². The minimum absolute atomic E-state index is 0.210. The molecule has 0 amide bonds. The van der Waals surface area contributed by atoms with E-state index in [1.54, 1.807) is 0 Å². The normalized spacial score (nSPS) is 8.58. The molecular weight excluding hydrogens is 240 g/mol. The SMILES string of the molecule is CC.CC.COC(=O)CCc1cc(C)c(O)c(C)c1. The van der Waals surface area contributed by atoms with Crippen molar-refractivity contribution in [3.8, 4) is 5.75 Å². The second-order valence-electron chi connectivity index (χ2n) is 3.65. The number of aromatic hydroxyl groups is 1. The summed E-state index contributed by atoms with van der Waals surface area (Å²) < 4.78 is 4.57. The highest BCUT2D eigenvalue weighted by atomic mass is 16.5. The molecule has 1 N–H and O–H groups in total. The summed E-state index contributed by atoms with van der Waals surface area (Å²) in [6.07, 6.45) is 1.02. The second kappa shape index (κ2) is 11.6. The molecule has 0 unspecified atom stereocenters. The summed E-state index contributed by atoms with van der Waals surface area (Å²) in [6, 6.07) is 3.79. The van der Waals surface area contributed by atoms with Crippen LogP contribution in [0.2, 0.25) is 0 Å². The van der Waals surface area contributed by atoms with E-state index >= 15 is 0 Å². The molecule has 0 aliphatic heterocycles. The van der Waals surface area contributed by atoms with E-state index in [9.17, 15) is 9.90 Å². The van der Waals surface area contributed by atoms with E-state index in [4.69, 9.17) is 0 Å². The Balaban J connectivity index is 0. The predicted octanol–water partition coefficient (Wildman–Crippen LogP) is 4.17. The van der Waals surface area contributed by atoms with Crippen molar-refractivity contribution in [2.24, 2.45) is 0 Å². The van der Waals surface area contributed by atoms with Gasteiger partial charge >= 0.3 is 5.97 Å². The highest BCUT2D eigenvalue weighted by Gasteiger charge is 2.05. The highest BCUT2D eigenvalue weighted by molar-refractivity contribution is 5.69. The van der Waals surface area contributed by atoms with Gasteiger partial charge in [-0.15, -0.1) is 0 Å². The number of hydrogen-bond acceptors (Lipinski definition) is 3. The summed E-state index contributed by atoms with van der Waals surface area (Å²) >= 11 is 0. The third kappa shape index (κ3) is 7.50. The topological polar surface area (TPSA) is 46.5 Å². The zero-order valence-corrected chi connectivity index (χ0v) is 13.3. The number of aryl methyl sites for hydroxylation is 3. The molecule has 0 spiro atoms. The van der Waals surface area contributed by atoms with Crippen LogP contribution in [0, 0.1) is 13.8 Å². The Hall–Kier alpha value is -1.51. The fourth-order valence-electron chi connectivity index (χ4n) is 1.54. The van der Waals surface area contributed by atoms with Gasteiger partial charge in [-0.1, -0.05) is 39.8 Å². The number of rotatable bonds is 3. The van der Waals surface area contributed by atoms with E-state index in [2.05, 4.69) is 4.74 Å². The standard InChI is InChI=1S/C12H16O3.2C2H6/c1-8-6-10(4-5-11(13)15-3)7-9(2)12(8)14;2*1-2/h6-7,14H,4-5H2,1-3H3;2*1-2H3. The Morgan fingerprint density at radius 3 is 1.89 bits per heavy atom. The maximum Gasteiger partial charge on any atom is 0.305 e. The monoisotopic (exact) mass is 268 g/mol. The van der Waals surface area contributed by atoms with Crippen LogP contribution in [-0.4, -0.2) is 18.2 Å². The van der Waals surface area contributed by atoms with Gasteiger partial charge in [0.25, 0.3) is 0 Å². The van der Waals surface area contributed by atoms with Crippen LogP contribution < -0.4 is 0 Å². The van der Waals surface area contributed by atoms with Crippen LogP contribution in [0.25, 0.3) is 0 Å². The number of carbonyl (C=O) groups excluding carboxylic acids is 1. The van der Waals surface area contributed by atoms with Crippen LogP contribution in [0.1, 0.15) is 50.8 Å². The van der Waals surface area contributed by atoms with E-state index in [0.29, 0.717) is 18.6 Å². The summed E-state index contributed by atoms with van der Waals surface area (Å²) in [5.41, 5.74) is 2.73. The number of esters is 1. The summed E-state index contributed by atoms with van der Waals surface area (Å²) in [5.74, 6) is 0.121. The zero-order valence-electron chi connectivity index (χ0n) is 13.3. The first-order valence-electron chi connectivity index (χ1n) is 6.90. The molecule has 0 saturated heterocycles. The van der Waals surface area contributed by atoms with Gasteiger partial charge in [0.05, 0.1) is 7.11 Å². The predicted molar refractivity (Wildman–Crippen MR) is 80.6 cm³/mol. The Morgan fingerprint density at radius 1 is 1.11 bits per heavy atom. The van der Waals surface area contributed by atoms with Gasteiger partial charge in [0.1, 0.15) is 5.75 Å². The Bertz CT molecular complexity index is 347. The molecule has 0 saturated carbocycles. The third-order valence-corrected chi connectivity index (χ3v) is 2.40. The summed E-state index contributed by atoms with van der Waals surface area (Å²) in [7, 11) is 1.38. The minimum Gasteiger partial charge on any atom is -0.507 e. The first-order chi connectivity index (χ1) is 9.04. The lowest BCUT2D eigenvalue weighted by atomic mass is 10.0. The molecule has 1 aromatic rings. The molecule has 0 aliphatic carbocycles. The van der Waals surface area contributed by atoms with Crippen LogP contribution in [0.5, 0.6) is 5.75 Å². The van der Waals surface area contributed by atoms with Gasteiger partial charge < -0.3 is 9.84 Å². The molecule has 0 aromatic heterocycles. The average Bonchev–Trinajstić information content (AvgIpc) is 2.46. The van der Waals surface area contributed by atoms with Crippen LogP contribution >= 0.6 is 0 Å². The third-order valence-electron chi connectivity index (χ3n) is 2.40. The molecule has 3 heteroatoms. The molecule has 0 radical (unpaired) electrons. The molecule has 0 aliphatic rings. The van der Waals surface area contributed by atoms with Crippen molar-refractivity contribution in [1.82, 2.24) is 0 Å². The maximum absolute atomic E-state index is 11.0. The van der Waals surface area contributed by atoms with Crippen LogP contribution in [0.4, 0.5) is 0 Å². The molecular formula is C16H28O3. The average molecular weight is 268 g/mol. The van der Waals surface area contributed by atoms with Crippen molar-refractivity contribution < 1.29 is 14.6 Å². The molecule has 0 bridgehead atoms. The lowest BCUT2D eigenvalue weighted by Gasteiger charge is -2.07. The fraction of sp³-hybridized carbons (Fsp3) is 0.562. The Morgan fingerprint density at radius 2 is 1.53 bits per heavy atom. The van der Waals surface area contributed by atoms with Gasteiger partial charge in [0, 0.05) is 6.42 Å². The Labute approximate surface area is 117 Å². The highest BCUT2D eigenvalue weighted by Crippen LogP contribution is 2.23. The lowest BCUT2D eigenvalue weighted by Crippen LogP contribution is -2.02. The molecule has 0 atom stereocenters. The van der Waals surface area contributed by atoms with Gasteiger partial charge in [0.2, 0.25) is 0 Å². The van der Waals surface area contributed by atoms with E-state index in [0.717, 1.165) is 16.7 Å². The number of phenolic OH excluding ortho intramolecular Hbond substituents is 1. The number of carbonyl (C=O) groups is 1. The molecule has 1 rings (SSSR count). The minimum atomic E-state index is -0.210. The number of methoxy groups -OCH3 is 1. The van der Waals surface area contributed by atoms with E-state index < -0.39 is 0 Å². The molecule has 110 valence electrons. The molecule has 19 heavy (non-hydrogen) atoms. The Kier molecular flexibility index (Phi) is 12.1. The number of ether oxygens (including phenoxy) is 1. The zero-order chi connectivity index (χ0) is 15.4. The van der Waals surface area contributed by atoms with Crippen LogP contribution in [-0.2, 0) is 16.0 Å². The van der Waals surface area contributed by atoms with Crippen LogP contribution in [0.3, 0.4) is 0 Å². The molecule has 0 heterocycles.